The lowest BCUT2D eigenvalue weighted by molar-refractivity contribution is 0.0472. The second kappa shape index (κ2) is 8.39. The lowest BCUT2D eigenvalue weighted by Gasteiger charge is -2.08. The standard InChI is InChI=1S/C21H20N2O5/c1-13-19(14(2)28-23-13)12-26-18-8-6-16(7-9-18)21(25)27-11-15-4-3-5-17(10-15)20(22)24/h3-10H,11-12H2,1-2H3,(H2,22,24). The lowest BCUT2D eigenvalue weighted by atomic mass is 10.1. The van der Waals surface area contributed by atoms with Gasteiger partial charge in [0.15, 0.2) is 0 Å². The number of carbonyl (C=O) groups is 2. The maximum Gasteiger partial charge on any atom is 0.338 e. The van der Waals surface area contributed by atoms with Crippen LogP contribution in [0.4, 0.5) is 0 Å². The third-order valence-corrected chi connectivity index (χ3v) is 4.24. The fourth-order valence-electron chi connectivity index (χ4n) is 2.60. The number of primary amides is 1. The van der Waals surface area contributed by atoms with Gasteiger partial charge in [-0.2, -0.15) is 0 Å². The maximum atomic E-state index is 12.2. The van der Waals surface area contributed by atoms with Gasteiger partial charge >= 0.3 is 5.97 Å². The zero-order valence-electron chi connectivity index (χ0n) is 15.6. The quantitative estimate of drug-likeness (QED) is 0.631. The lowest BCUT2D eigenvalue weighted by Crippen LogP contribution is -2.11. The summed E-state index contributed by atoms with van der Waals surface area (Å²) in [5.41, 5.74) is 8.39. The first-order chi connectivity index (χ1) is 13.4. The Bertz CT molecular complexity index is 973. The summed E-state index contributed by atoms with van der Waals surface area (Å²) in [5, 5.41) is 3.88. The van der Waals surface area contributed by atoms with E-state index in [9.17, 15) is 9.59 Å². The van der Waals surface area contributed by atoms with E-state index in [1.807, 2.05) is 13.8 Å². The highest BCUT2D eigenvalue weighted by Gasteiger charge is 2.11. The number of amides is 1. The largest absolute Gasteiger partial charge is 0.489 e. The van der Waals surface area contributed by atoms with Crippen molar-refractivity contribution in [2.75, 3.05) is 0 Å². The van der Waals surface area contributed by atoms with Gasteiger partial charge < -0.3 is 19.7 Å². The van der Waals surface area contributed by atoms with Crippen LogP contribution < -0.4 is 10.5 Å². The average Bonchev–Trinajstić information content (AvgIpc) is 3.02. The molecule has 3 rings (SSSR count). The third-order valence-electron chi connectivity index (χ3n) is 4.24. The van der Waals surface area contributed by atoms with E-state index in [0.29, 0.717) is 29.0 Å². The summed E-state index contributed by atoms with van der Waals surface area (Å²) < 4.78 is 16.1. The predicted octanol–water partition coefficient (Wildman–Crippen LogP) is 3.33. The Morgan fingerprint density at radius 2 is 1.79 bits per heavy atom. The van der Waals surface area contributed by atoms with Crippen LogP contribution in [0.25, 0.3) is 0 Å². The molecule has 2 N–H and O–H groups in total. The molecule has 0 bridgehead atoms. The van der Waals surface area contributed by atoms with Crippen LogP contribution in [0.2, 0.25) is 0 Å². The van der Waals surface area contributed by atoms with Crippen molar-refractivity contribution in [3.05, 3.63) is 82.2 Å². The normalized spacial score (nSPS) is 10.5. The zero-order valence-corrected chi connectivity index (χ0v) is 15.6. The van der Waals surface area contributed by atoms with E-state index in [4.69, 9.17) is 19.7 Å². The molecule has 0 radical (unpaired) electrons. The molecule has 0 spiro atoms. The molecule has 7 heteroatoms. The molecule has 1 amide bonds. The minimum atomic E-state index is -0.527. The molecule has 1 aromatic heterocycles. The fraction of sp³-hybridized carbons (Fsp3) is 0.190. The second-order valence-electron chi connectivity index (χ2n) is 6.26. The van der Waals surface area contributed by atoms with Crippen LogP contribution in [0.3, 0.4) is 0 Å². The van der Waals surface area contributed by atoms with E-state index in [1.54, 1.807) is 48.5 Å². The van der Waals surface area contributed by atoms with Gasteiger partial charge in [-0.3, -0.25) is 4.79 Å². The molecule has 0 aliphatic carbocycles. The third kappa shape index (κ3) is 4.56. The van der Waals surface area contributed by atoms with E-state index in [1.165, 1.54) is 0 Å². The van der Waals surface area contributed by atoms with Gasteiger partial charge in [0.2, 0.25) is 5.91 Å². The van der Waals surface area contributed by atoms with Gasteiger partial charge in [-0.1, -0.05) is 17.3 Å². The van der Waals surface area contributed by atoms with Crippen LogP contribution in [0.1, 0.15) is 43.3 Å². The topological polar surface area (TPSA) is 105 Å². The van der Waals surface area contributed by atoms with Crippen LogP contribution in [0.5, 0.6) is 5.75 Å². The highest BCUT2D eigenvalue weighted by molar-refractivity contribution is 5.93. The van der Waals surface area contributed by atoms with E-state index in [2.05, 4.69) is 5.16 Å². The summed E-state index contributed by atoms with van der Waals surface area (Å²) in [5.74, 6) is 0.339. The number of carbonyl (C=O) groups excluding carboxylic acids is 2. The van der Waals surface area contributed by atoms with Crippen molar-refractivity contribution in [1.82, 2.24) is 5.16 Å². The molecule has 0 unspecified atom stereocenters. The van der Waals surface area contributed by atoms with Crippen molar-refractivity contribution in [3.63, 3.8) is 0 Å². The minimum absolute atomic E-state index is 0.0459. The van der Waals surface area contributed by atoms with Gasteiger partial charge in [0, 0.05) is 5.56 Å². The van der Waals surface area contributed by atoms with Gasteiger partial charge in [0.05, 0.1) is 16.8 Å². The number of ether oxygens (including phenoxy) is 2. The van der Waals surface area contributed by atoms with E-state index < -0.39 is 11.9 Å². The van der Waals surface area contributed by atoms with Crippen molar-refractivity contribution >= 4 is 11.9 Å². The van der Waals surface area contributed by atoms with Crippen LogP contribution in [-0.4, -0.2) is 17.0 Å². The Morgan fingerprint density at radius 3 is 2.43 bits per heavy atom. The monoisotopic (exact) mass is 380 g/mol. The number of benzene rings is 2. The number of aromatic nitrogens is 1. The van der Waals surface area contributed by atoms with Crippen LogP contribution >= 0.6 is 0 Å². The van der Waals surface area contributed by atoms with E-state index in [-0.39, 0.29) is 6.61 Å². The molecule has 7 nitrogen and oxygen atoms in total. The highest BCUT2D eigenvalue weighted by Crippen LogP contribution is 2.18. The SMILES string of the molecule is Cc1noc(C)c1COc1ccc(C(=O)OCc2cccc(C(N)=O)c2)cc1. The number of nitrogens with two attached hydrogens (primary N) is 1. The molecule has 3 aromatic rings. The maximum absolute atomic E-state index is 12.2. The molecule has 0 saturated heterocycles. The number of rotatable bonds is 7. The number of aryl methyl sites for hydroxylation is 2. The smallest absolute Gasteiger partial charge is 0.338 e. The molecule has 0 fully saturated rings. The Hall–Kier alpha value is -3.61. The van der Waals surface area contributed by atoms with Crippen molar-refractivity contribution in [2.24, 2.45) is 5.73 Å². The Morgan fingerprint density at radius 1 is 1.04 bits per heavy atom. The molecule has 0 aliphatic heterocycles. The minimum Gasteiger partial charge on any atom is -0.489 e. The zero-order chi connectivity index (χ0) is 20.1. The molecular weight excluding hydrogens is 360 g/mol. The Labute approximate surface area is 162 Å². The summed E-state index contributed by atoms with van der Waals surface area (Å²) in [4.78, 5) is 23.4. The average molecular weight is 380 g/mol. The van der Waals surface area contributed by atoms with Crippen molar-refractivity contribution in [3.8, 4) is 5.75 Å². The Balaban J connectivity index is 1.56. The van der Waals surface area contributed by atoms with Gasteiger partial charge in [-0.15, -0.1) is 0 Å². The number of nitrogens with zero attached hydrogens (tertiary/aromatic N) is 1. The van der Waals surface area contributed by atoms with E-state index >= 15 is 0 Å². The molecular formula is C21H20N2O5. The van der Waals surface area contributed by atoms with Gasteiger partial charge in [-0.25, -0.2) is 4.79 Å². The van der Waals surface area contributed by atoms with Crippen molar-refractivity contribution < 1.29 is 23.6 Å². The summed E-state index contributed by atoms with van der Waals surface area (Å²) >= 11 is 0. The predicted molar refractivity (Wildman–Crippen MR) is 101 cm³/mol. The van der Waals surface area contributed by atoms with Crippen LogP contribution in [-0.2, 0) is 18.0 Å². The first-order valence-electron chi connectivity index (χ1n) is 8.64. The summed E-state index contributed by atoms with van der Waals surface area (Å²) in [6.07, 6.45) is 0. The highest BCUT2D eigenvalue weighted by atomic mass is 16.5. The first-order valence-corrected chi connectivity index (χ1v) is 8.64. The summed E-state index contributed by atoms with van der Waals surface area (Å²) in [7, 11) is 0. The van der Waals surface area contributed by atoms with Crippen molar-refractivity contribution in [2.45, 2.75) is 27.1 Å². The van der Waals surface area contributed by atoms with Gasteiger partial charge in [0.25, 0.3) is 0 Å². The van der Waals surface area contributed by atoms with Gasteiger partial charge in [0.1, 0.15) is 24.7 Å². The Kier molecular flexibility index (Phi) is 5.74. The van der Waals surface area contributed by atoms with Crippen molar-refractivity contribution in [1.29, 1.82) is 0 Å². The van der Waals surface area contributed by atoms with Crippen LogP contribution in [0.15, 0.2) is 53.1 Å². The number of hydrogen-bond donors (Lipinski definition) is 1. The molecule has 144 valence electrons. The molecule has 28 heavy (non-hydrogen) atoms. The second-order valence-corrected chi connectivity index (χ2v) is 6.26. The summed E-state index contributed by atoms with van der Waals surface area (Å²) in [6, 6.07) is 13.3. The van der Waals surface area contributed by atoms with Crippen LogP contribution in [0, 0.1) is 13.8 Å². The van der Waals surface area contributed by atoms with E-state index in [0.717, 1.165) is 17.0 Å². The molecule has 0 atom stereocenters. The number of hydrogen-bond acceptors (Lipinski definition) is 6. The van der Waals surface area contributed by atoms with Gasteiger partial charge in [-0.05, 0) is 55.8 Å². The summed E-state index contributed by atoms with van der Waals surface area (Å²) in [6.45, 7) is 4.07. The molecule has 1 heterocycles. The molecule has 0 aliphatic rings. The molecule has 0 saturated carbocycles. The first kappa shape index (κ1) is 19.2. The number of esters is 1. The fourth-order valence-corrected chi connectivity index (χ4v) is 2.60. The molecule has 2 aromatic carbocycles.